The first-order valence-electron chi connectivity index (χ1n) is 8.72. The number of aliphatic hydroxyl groups is 1. The number of hydrogen-bond donors (Lipinski definition) is 4. The molecule has 0 spiro atoms. The fraction of sp³-hybridized carbons (Fsp3) is 0.389. The highest BCUT2D eigenvalue weighted by Crippen LogP contribution is 2.27. The first-order valence-corrected chi connectivity index (χ1v) is 10.3. The number of aromatic amines is 1. The smallest absolute Gasteiger partial charge is 0.330 e. The van der Waals surface area contributed by atoms with Gasteiger partial charge in [-0.2, -0.15) is 0 Å². The van der Waals surface area contributed by atoms with Crippen LogP contribution in [-0.4, -0.2) is 44.8 Å². The molecule has 2 aromatic rings. The van der Waals surface area contributed by atoms with Crippen LogP contribution in [0.25, 0.3) is 0 Å². The third-order valence-corrected chi connectivity index (χ3v) is 5.46. The van der Waals surface area contributed by atoms with E-state index in [1.54, 1.807) is 18.7 Å². The molecule has 0 amide bonds. The molecule has 1 aromatic carbocycles. The Morgan fingerprint density at radius 1 is 1.39 bits per heavy atom. The largest absolute Gasteiger partial charge is 0.390 e. The number of aryl methyl sites for hydroxylation is 1. The third kappa shape index (κ3) is 4.82. The Morgan fingerprint density at radius 3 is 2.79 bits per heavy atom. The van der Waals surface area contributed by atoms with E-state index < -0.39 is 29.7 Å². The Kier molecular flexibility index (Phi) is 6.55. The molecule has 3 rings (SSSR count). The molecule has 1 aromatic heterocycles. The molecule has 1 saturated heterocycles. The van der Waals surface area contributed by atoms with Crippen molar-refractivity contribution in [2.75, 3.05) is 18.1 Å². The van der Waals surface area contributed by atoms with Gasteiger partial charge in [0.15, 0.2) is 5.11 Å². The van der Waals surface area contributed by atoms with E-state index in [-0.39, 0.29) is 13.0 Å². The van der Waals surface area contributed by atoms with Crippen LogP contribution >= 0.6 is 24.0 Å². The van der Waals surface area contributed by atoms with Gasteiger partial charge >= 0.3 is 5.69 Å². The van der Waals surface area contributed by atoms with E-state index in [9.17, 15) is 14.7 Å². The second-order valence-electron chi connectivity index (χ2n) is 6.47. The fourth-order valence-electron chi connectivity index (χ4n) is 2.91. The van der Waals surface area contributed by atoms with Crippen molar-refractivity contribution in [2.45, 2.75) is 36.7 Å². The normalized spacial score (nSPS) is 21.5. The summed E-state index contributed by atoms with van der Waals surface area (Å²) in [6, 6.07) is 7.85. The topological polar surface area (TPSA) is 108 Å². The van der Waals surface area contributed by atoms with Gasteiger partial charge in [0.25, 0.3) is 5.56 Å². The summed E-state index contributed by atoms with van der Waals surface area (Å²) >= 11 is 6.95. The van der Waals surface area contributed by atoms with Gasteiger partial charge in [0.05, 0.1) is 6.10 Å². The summed E-state index contributed by atoms with van der Waals surface area (Å²) in [5.74, 6) is 0. The number of nitrogens with zero attached hydrogens (tertiary/aromatic N) is 1. The molecule has 3 atom stereocenters. The Morgan fingerprint density at radius 2 is 2.11 bits per heavy atom. The van der Waals surface area contributed by atoms with E-state index in [0.717, 1.165) is 10.6 Å². The zero-order valence-corrected chi connectivity index (χ0v) is 17.1. The average Bonchev–Trinajstić information content (AvgIpc) is 3.04. The summed E-state index contributed by atoms with van der Waals surface area (Å²) in [6.45, 7) is 1.89. The number of anilines is 1. The standard InChI is InChI=1S/C18H22N4O4S2/c1-10-9-22(18(25)21-16(10)24)15-7-13(23)14(26-15)8-19-17(27)20-11-3-5-12(28-2)6-4-11/h3-6,9,13-15,23H,7-8H2,1-2H3,(H2,19,20,27)(H,21,24,25)/t13-,14+,15+/m0/s1. The number of thioether (sulfide) groups is 1. The van der Waals surface area contributed by atoms with Crippen LogP contribution in [0.5, 0.6) is 0 Å². The van der Waals surface area contributed by atoms with Crippen molar-refractivity contribution in [3.05, 3.63) is 56.9 Å². The molecule has 1 aliphatic heterocycles. The molecule has 10 heteroatoms. The molecular weight excluding hydrogens is 400 g/mol. The van der Waals surface area contributed by atoms with Crippen molar-refractivity contribution in [1.82, 2.24) is 14.9 Å². The van der Waals surface area contributed by atoms with Gasteiger partial charge < -0.3 is 20.5 Å². The molecule has 8 nitrogen and oxygen atoms in total. The van der Waals surface area contributed by atoms with Crippen molar-refractivity contribution >= 4 is 34.8 Å². The van der Waals surface area contributed by atoms with E-state index in [0.29, 0.717) is 10.7 Å². The molecule has 28 heavy (non-hydrogen) atoms. The van der Waals surface area contributed by atoms with Gasteiger partial charge in [0.2, 0.25) is 0 Å². The summed E-state index contributed by atoms with van der Waals surface area (Å²) in [7, 11) is 0. The Labute approximate surface area is 171 Å². The number of aromatic nitrogens is 2. The zero-order valence-electron chi connectivity index (χ0n) is 15.5. The minimum absolute atomic E-state index is 0.244. The lowest BCUT2D eigenvalue weighted by molar-refractivity contribution is -0.0172. The van der Waals surface area contributed by atoms with Gasteiger partial charge in [-0.05, 0) is 49.7 Å². The summed E-state index contributed by atoms with van der Waals surface area (Å²) in [4.78, 5) is 26.9. The molecule has 150 valence electrons. The predicted octanol–water partition coefficient (Wildman–Crippen LogP) is 1.20. The third-order valence-electron chi connectivity index (χ3n) is 4.47. The van der Waals surface area contributed by atoms with Crippen LogP contribution in [0.15, 0.2) is 44.9 Å². The summed E-state index contributed by atoms with van der Waals surface area (Å²) < 4.78 is 7.10. The average molecular weight is 423 g/mol. The lowest BCUT2D eigenvalue weighted by atomic mass is 10.2. The minimum Gasteiger partial charge on any atom is -0.390 e. The molecule has 0 saturated carbocycles. The second kappa shape index (κ2) is 8.91. The lowest BCUT2D eigenvalue weighted by Gasteiger charge is -2.18. The number of nitrogens with one attached hydrogen (secondary N) is 3. The molecule has 0 unspecified atom stereocenters. The van der Waals surface area contributed by atoms with Crippen LogP contribution in [0.1, 0.15) is 18.2 Å². The highest BCUT2D eigenvalue weighted by Gasteiger charge is 2.35. The van der Waals surface area contributed by atoms with Gasteiger partial charge in [0, 0.05) is 35.3 Å². The number of thiocarbonyl (C=S) groups is 1. The van der Waals surface area contributed by atoms with Crippen LogP contribution in [0.2, 0.25) is 0 Å². The van der Waals surface area contributed by atoms with Crippen LogP contribution < -0.4 is 21.9 Å². The Balaban J connectivity index is 1.56. The number of ether oxygens (including phenoxy) is 1. The van der Waals surface area contributed by atoms with Gasteiger partial charge in [-0.25, -0.2) is 4.79 Å². The maximum Gasteiger partial charge on any atom is 0.330 e. The molecule has 1 fully saturated rings. The predicted molar refractivity (Wildman–Crippen MR) is 113 cm³/mol. The SMILES string of the molecule is CSc1ccc(NC(=S)NC[C@H]2O[C@@H](n3cc(C)c(=O)[nH]c3=O)C[C@@H]2O)cc1. The maximum absolute atomic E-state index is 12.0. The quantitative estimate of drug-likeness (QED) is 0.421. The second-order valence-corrected chi connectivity index (χ2v) is 7.76. The number of aliphatic hydroxyl groups excluding tert-OH is 1. The lowest BCUT2D eigenvalue weighted by Crippen LogP contribution is -2.39. The maximum atomic E-state index is 12.0. The van der Waals surface area contributed by atoms with Crippen LogP contribution in [0, 0.1) is 6.92 Å². The molecule has 0 bridgehead atoms. The highest BCUT2D eigenvalue weighted by atomic mass is 32.2. The van der Waals surface area contributed by atoms with E-state index in [1.165, 1.54) is 10.8 Å². The number of rotatable bonds is 5. The van der Waals surface area contributed by atoms with E-state index in [4.69, 9.17) is 17.0 Å². The fourth-order valence-corrected chi connectivity index (χ4v) is 3.52. The molecule has 1 aliphatic rings. The minimum atomic E-state index is -0.764. The van der Waals surface area contributed by atoms with Crippen molar-refractivity contribution in [3.8, 4) is 0 Å². The molecule has 0 radical (unpaired) electrons. The molecule has 4 N–H and O–H groups in total. The van der Waals surface area contributed by atoms with Crippen molar-refractivity contribution in [1.29, 1.82) is 0 Å². The first kappa shape index (κ1) is 20.6. The van der Waals surface area contributed by atoms with Crippen LogP contribution in [0.3, 0.4) is 0 Å². The van der Waals surface area contributed by atoms with Crippen molar-refractivity contribution in [2.24, 2.45) is 0 Å². The highest BCUT2D eigenvalue weighted by molar-refractivity contribution is 7.98. The van der Waals surface area contributed by atoms with Crippen molar-refractivity contribution in [3.63, 3.8) is 0 Å². The zero-order chi connectivity index (χ0) is 20.3. The van der Waals surface area contributed by atoms with E-state index in [1.807, 2.05) is 30.5 Å². The number of H-pyrrole nitrogens is 1. The van der Waals surface area contributed by atoms with Crippen LogP contribution in [-0.2, 0) is 4.74 Å². The number of benzene rings is 1. The molecule has 0 aliphatic carbocycles. The Bertz CT molecular complexity index is 957. The Hall–Kier alpha value is -2.14. The van der Waals surface area contributed by atoms with E-state index >= 15 is 0 Å². The van der Waals surface area contributed by atoms with Crippen LogP contribution in [0.4, 0.5) is 5.69 Å². The van der Waals surface area contributed by atoms with Gasteiger partial charge in [-0.15, -0.1) is 11.8 Å². The van der Waals surface area contributed by atoms with Gasteiger partial charge in [-0.3, -0.25) is 14.3 Å². The summed E-state index contributed by atoms with van der Waals surface area (Å²) in [6.07, 6.45) is 1.75. The summed E-state index contributed by atoms with van der Waals surface area (Å²) in [5.41, 5.74) is 0.265. The monoisotopic (exact) mass is 422 g/mol. The first-order chi connectivity index (χ1) is 13.4. The van der Waals surface area contributed by atoms with Gasteiger partial charge in [0.1, 0.15) is 12.3 Å². The summed E-state index contributed by atoms with van der Waals surface area (Å²) in [5, 5.41) is 16.8. The van der Waals surface area contributed by atoms with Gasteiger partial charge in [-0.1, -0.05) is 0 Å². The molecular formula is C18H22N4O4S2. The number of hydrogen-bond acceptors (Lipinski definition) is 6. The molecule has 2 heterocycles. The van der Waals surface area contributed by atoms with E-state index in [2.05, 4.69) is 15.6 Å². The van der Waals surface area contributed by atoms with Crippen molar-refractivity contribution < 1.29 is 9.84 Å².